The largest absolute Gasteiger partial charge is 0.501 e. The molecule has 2 atom stereocenters. The van der Waals surface area contributed by atoms with Crippen LogP contribution in [0.2, 0.25) is 5.02 Å². The minimum atomic E-state index is -0.495. The summed E-state index contributed by atoms with van der Waals surface area (Å²) >= 11 is 5.92. The molecule has 1 aliphatic carbocycles. The van der Waals surface area contributed by atoms with Crippen molar-refractivity contribution in [2.24, 2.45) is 5.92 Å². The van der Waals surface area contributed by atoms with Gasteiger partial charge in [0.2, 0.25) is 5.82 Å². The van der Waals surface area contributed by atoms with Crippen molar-refractivity contribution in [1.82, 2.24) is 15.0 Å². The summed E-state index contributed by atoms with van der Waals surface area (Å²) in [6.07, 6.45) is 7.89. The molecule has 2 heterocycles. The standard InChI is InChI=1S/C21H20ClN4O3/c1-3-13(2)26-20(27)16-6-4-5-7-17(16)25(21(26)28)12-18-23-19(24-29-18)14-8-10-15(22)11-9-14/h4-11,13,16H,3,12H2,1-2H3/q+1. The number of allylic oxidation sites excluding steroid dienone is 3. The highest BCUT2D eigenvalue weighted by Crippen LogP contribution is 2.24. The molecule has 2 unspecified atom stereocenters. The molecule has 3 amide bonds. The highest BCUT2D eigenvalue weighted by molar-refractivity contribution is 6.30. The molecule has 1 aliphatic heterocycles. The Morgan fingerprint density at radius 2 is 2.00 bits per heavy atom. The Morgan fingerprint density at radius 1 is 1.24 bits per heavy atom. The van der Waals surface area contributed by atoms with Crippen LogP contribution in [0.4, 0.5) is 4.79 Å². The van der Waals surface area contributed by atoms with Crippen molar-refractivity contribution in [2.45, 2.75) is 32.9 Å². The van der Waals surface area contributed by atoms with Crippen LogP contribution in [-0.4, -0.2) is 43.3 Å². The molecule has 1 aromatic carbocycles. The molecular formula is C21H20ClN4O3+. The van der Waals surface area contributed by atoms with Crippen LogP contribution < -0.4 is 0 Å². The third-order valence-electron chi connectivity index (χ3n) is 5.15. The number of hydrogen-bond acceptors (Lipinski definition) is 5. The fourth-order valence-electron chi connectivity index (χ4n) is 3.40. The molecule has 0 N–H and O–H groups in total. The lowest BCUT2D eigenvalue weighted by Crippen LogP contribution is -2.56. The molecule has 8 heteroatoms. The van der Waals surface area contributed by atoms with Gasteiger partial charge in [0.05, 0.1) is 0 Å². The Labute approximate surface area is 173 Å². The first-order valence-electron chi connectivity index (χ1n) is 9.44. The molecule has 0 bridgehead atoms. The van der Waals surface area contributed by atoms with Crippen LogP contribution in [0.3, 0.4) is 0 Å². The number of imide groups is 1. The average molecular weight is 412 g/mol. The molecule has 148 valence electrons. The van der Waals surface area contributed by atoms with E-state index in [-0.39, 0.29) is 30.4 Å². The minimum Gasteiger partial charge on any atom is -0.335 e. The zero-order valence-electron chi connectivity index (χ0n) is 16.1. The van der Waals surface area contributed by atoms with Gasteiger partial charge in [0.15, 0.2) is 6.54 Å². The average Bonchev–Trinajstić information content (AvgIpc) is 3.20. The minimum absolute atomic E-state index is 0.0870. The third-order valence-corrected chi connectivity index (χ3v) is 5.40. The molecule has 0 fully saturated rings. The molecule has 0 radical (unpaired) electrons. The quantitative estimate of drug-likeness (QED) is 0.698. The summed E-state index contributed by atoms with van der Waals surface area (Å²) in [5, 5.41) is 4.62. The number of carbonyl (C=O) groups excluding carboxylic acids is 2. The van der Waals surface area contributed by atoms with Crippen LogP contribution >= 0.6 is 11.6 Å². The van der Waals surface area contributed by atoms with Crippen LogP contribution in [0.1, 0.15) is 26.2 Å². The van der Waals surface area contributed by atoms with Crippen LogP contribution in [0, 0.1) is 5.92 Å². The van der Waals surface area contributed by atoms with Crippen molar-refractivity contribution in [1.29, 1.82) is 0 Å². The maximum absolute atomic E-state index is 13.2. The molecule has 0 saturated heterocycles. The van der Waals surface area contributed by atoms with Gasteiger partial charge < -0.3 is 4.52 Å². The topological polar surface area (TPSA) is 79.3 Å². The summed E-state index contributed by atoms with van der Waals surface area (Å²) in [4.78, 5) is 31.8. The van der Waals surface area contributed by atoms with Crippen molar-refractivity contribution < 1.29 is 18.7 Å². The number of benzene rings is 1. The van der Waals surface area contributed by atoms with Gasteiger partial charge in [-0.05, 0) is 43.7 Å². The van der Waals surface area contributed by atoms with Crippen molar-refractivity contribution >= 4 is 29.3 Å². The maximum atomic E-state index is 13.2. The van der Waals surface area contributed by atoms with E-state index in [9.17, 15) is 9.59 Å². The monoisotopic (exact) mass is 411 g/mol. The van der Waals surface area contributed by atoms with E-state index in [4.69, 9.17) is 16.1 Å². The first kappa shape index (κ1) is 19.3. The number of aromatic nitrogens is 2. The van der Waals surface area contributed by atoms with Crippen LogP contribution in [0.15, 0.2) is 53.1 Å². The fourth-order valence-corrected chi connectivity index (χ4v) is 3.53. The molecule has 29 heavy (non-hydrogen) atoms. The molecule has 7 nitrogen and oxygen atoms in total. The number of nitrogens with zero attached hydrogens (tertiary/aromatic N) is 4. The van der Waals surface area contributed by atoms with Gasteiger partial charge in [-0.25, -0.2) is 4.79 Å². The van der Waals surface area contributed by atoms with E-state index < -0.39 is 5.92 Å². The lowest BCUT2D eigenvalue weighted by Gasteiger charge is -2.29. The third kappa shape index (κ3) is 3.53. The summed E-state index contributed by atoms with van der Waals surface area (Å²) in [5.41, 5.74) is 1.38. The zero-order valence-corrected chi connectivity index (χ0v) is 16.8. The van der Waals surface area contributed by atoms with Gasteiger partial charge in [-0.1, -0.05) is 41.9 Å². The lowest BCUT2D eigenvalue weighted by atomic mass is 9.93. The van der Waals surface area contributed by atoms with Crippen molar-refractivity contribution in [3.63, 3.8) is 0 Å². The number of rotatable bonds is 5. The van der Waals surface area contributed by atoms with Gasteiger partial charge in [-0.2, -0.15) is 19.3 Å². The lowest BCUT2D eigenvalue weighted by molar-refractivity contribution is -0.461. The number of carbonyl (C=O) groups is 2. The number of amides is 3. The van der Waals surface area contributed by atoms with E-state index in [1.807, 2.05) is 26.0 Å². The van der Waals surface area contributed by atoms with Crippen LogP contribution in [-0.2, 0) is 11.3 Å². The van der Waals surface area contributed by atoms with Crippen molar-refractivity contribution in [2.75, 3.05) is 0 Å². The molecular weight excluding hydrogens is 392 g/mol. The predicted molar refractivity (Wildman–Crippen MR) is 107 cm³/mol. The van der Waals surface area contributed by atoms with Gasteiger partial charge in [0.1, 0.15) is 17.7 Å². The number of halogens is 1. The van der Waals surface area contributed by atoms with E-state index in [2.05, 4.69) is 10.1 Å². The summed E-state index contributed by atoms with van der Waals surface area (Å²) in [5.74, 6) is 0.00140. The van der Waals surface area contributed by atoms with Gasteiger partial charge >= 0.3 is 11.9 Å². The molecule has 0 saturated carbocycles. The van der Waals surface area contributed by atoms with Crippen LogP contribution in [0.25, 0.3) is 11.4 Å². The fraction of sp³-hybridized carbons (Fsp3) is 0.286. The summed E-state index contributed by atoms with van der Waals surface area (Å²) in [6, 6.07) is 6.51. The Hall–Kier alpha value is -3.06. The van der Waals surface area contributed by atoms with Gasteiger partial charge in [-0.3, -0.25) is 0 Å². The zero-order chi connectivity index (χ0) is 20.5. The molecule has 1 aromatic heterocycles. The SMILES string of the molecule is CCC(C)N1C(=O)C2C=CC=CC2=[N+](Cc2nc(-c3ccc(Cl)cc3)no2)C1=O. The summed E-state index contributed by atoms with van der Waals surface area (Å²) in [6.45, 7) is 3.90. The second-order valence-corrected chi connectivity index (χ2v) is 7.44. The Balaban J connectivity index is 1.68. The van der Waals surface area contributed by atoms with E-state index >= 15 is 0 Å². The second-order valence-electron chi connectivity index (χ2n) is 7.00. The maximum Gasteiger partial charge on any atom is 0.501 e. The van der Waals surface area contributed by atoms with E-state index in [0.29, 0.717) is 23.0 Å². The Bertz CT molecular complexity index is 1050. The van der Waals surface area contributed by atoms with Gasteiger partial charge in [0.25, 0.3) is 5.89 Å². The second kappa shape index (κ2) is 7.75. The van der Waals surface area contributed by atoms with E-state index in [0.717, 1.165) is 5.56 Å². The highest BCUT2D eigenvalue weighted by atomic mass is 35.5. The Morgan fingerprint density at radius 3 is 2.72 bits per heavy atom. The normalized spacial score (nSPS) is 19.7. The number of hydrogen-bond donors (Lipinski definition) is 0. The predicted octanol–water partition coefficient (Wildman–Crippen LogP) is 3.85. The first-order chi connectivity index (χ1) is 14.0. The molecule has 0 spiro atoms. The highest BCUT2D eigenvalue weighted by Gasteiger charge is 2.48. The number of urea groups is 1. The Kier molecular flexibility index (Phi) is 5.15. The number of fused-ring (bicyclic) bond motifs is 1. The molecule has 2 aliphatic rings. The van der Waals surface area contributed by atoms with Gasteiger partial charge in [-0.15, -0.1) is 0 Å². The molecule has 2 aromatic rings. The molecule has 4 rings (SSSR count). The van der Waals surface area contributed by atoms with E-state index in [1.54, 1.807) is 36.4 Å². The van der Waals surface area contributed by atoms with E-state index in [1.165, 1.54) is 9.48 Å². The smallest absolute Gasteiger partial charge is 0.335 e. The summed E-state index contributed by atoms with van der Waals surface area (Å²) in [7, 11) is 0. The first-order valence-corrected chi connectivity index (χ1v) is 9.82. The summed E-state index contributed by atoms with van der Waals surface area (Å²) < 4.78 is 6.92. The van der Waals surface area contributed by atoms with Gasteiger partial charge in [0, 0.05) is 10.6 Å². The van der Waals surface area contributed by atoms with Crippen LogP contribution in [0.5, 0.6) is 0 Å². The van der Waals surface area contributed by atoms with Crippen molar-refractivity contribution in [3.8, 4) is 11.4 Å². The van der Waals surface area contributed by atoms with Crippen molar-refractivity contribution in [3.05, 3.63) is 59.5 Å².